The lowest BCUT2D eigenvalue weighted by molar-refractivity contribution is -0.0864. The number of hydrogen-bond donors (Lipinski definition) is 0. The molecule has 1 amide bonds. The fourth-order valence-corrected chi connectivity index (χ4v) is 2.34. The first-order valence-electron chi connectivity index (χ1n) is 7.44. The lowest BCUT2D eigenvalue weighted by Gasteiger charge is -2.41. The van der Waals surface area contributed by atoms with Gasteiger partial charge in [0.25, 0.3) is 0 Å². The van der Waals surface area contributed by atoms with Crippen LogP contribution in [0.5, 0.6) is 0 Å². The predicted molar refractivity (Wildman–Crippen MR) is 76.3 cm³/mol. The lowest BCUT2D eigenvalue weighted by atomic mass is 9.88. The maximum atomic E-state index is 12.0. The number of carbonyl (C=O) groups excluding carboxylic acids is 1. The fraction of sp³-hybridized carbons (Fsp3) is 0.933. The summed E-state index contributed by atoms with van der Waals surface area (Å²) in [5, 5.41) is 0. The van der Waals surface area contributed by atoms with E-state index in [-0.39, 0.29) is 11.7 Å². The Hall–Kier alpha value is -0.770. The Morgan fingerprint density at radius 1 is 1.21 bits per heavy atom. The van der Waals surface area contributed by atoms with E-state index in [9.17, 15) is 4.79 Å². The second kappa shape index (κ2) is 6.60. The SMILES string of the molecule is CCCOC1(CC)CCN(C(=O)OC(C)(C)C)CC1. The Morgan fingerprint density at radius 3 is 2.21 bits per heavy atom. The minimum atomic E-state index is -0.422. The van der Waals surface area contributed by atoms with Gasteiger partial charge in [-0.15, -0.1) is 0 Å². The highest BCUT2D eigenvalue weighted by Gasteiger charge is 2.36. The van der Waals surface area contributed by atoms with Crippen molar-refractivity contribution in [2.75, 3.05) is 19.7 Å². The molecule has 4 nitrogen and oxygen atoms in total. The van der Waals surface area contributed by atoms with Gasteiger partial charge in [-0.25, -0.2) is 4.79 Å². The maximum Gasteiger partial charge on any atom is 0.410 e. The number of amides is 1. The minimum absolute atomic E-state index is 0.0332. The summed E-state index contributed by atoms with van der Waals surface area (Å²) in [6.45, 7) is 12.2. The molecule has 0 aromatic carbocycles. The molecule has 1 rings (SSSR count). The Labute approximate surface area is 117 Å². The Kier molecular flexibility index (Phi) is 5.65. The first-order valence-corrected chi connectivity index (χ1v) is 7.44. The first kappa shape index (κ1) is 16.3. The molecule has 0 spiro atoms. The van der Waals surface area contributed by atoms with Crippen molar-refractivity contribution >= 4 is 6.09 Å². The van der Waals surface area contributed by atoms with Crippen molar-refractivity contribution in [3.8, 4) is 0 Å². The molecular weight excluding hydrogens is 242 g/mol. The molecule has 0 atom stereocenters. The van der Waals surface area contributed by atoms with Gasteiger partial charge in [-0.3, -0.25) is 0 Å². The standard InChI is InChI=1S/C15H29NO3/c1-6-12-18-15(7-2)8-10-16(11-9-15)13(17)19-14(3,4)5/h6-12H2,1-5H3. The highest BCUT2D eigenvalue weighted by atomic mass is 16.6. The van der Waals surface area contributed by atoms with Crippen molar-refractivity contribution in [2.24, 2.45) is 0 Å². The molecule has 0 unspecified atom stereocenters. The van der Waals surface area contributed by atoms with Crippen LogP contribution in [0.25, 0.3) is 0 Å². The quantitative estimate of drug-likeness (QED) is 0.784. The normalized spacial score (nSPS) is 19.3. The molecule has 0 aliphatic carbocycles. The van der Waals surface area contributed by atoms with E-state index in [2.05, 4.69) is 13.8 Å². The summed E-state index contributed by atoms with van der Waals surface area (Å²) in [7, 11) is 0. The van der Waals surface area contributed by atoms with Crippen LogP contribution in [0.4, 0.5) is 4.79 Å². The van der Waals surface area contributed by atoms with Crippen LogP contribution >= 0.6 is 0 Å². The van der Waals surface area contributed by atoms with E-state index >= 15 is 0 Å². The van der Waals surface area contributed by atoms with Gasteiger partial charge >= 0.3 is 6.09 Å². The molecule has 0 aromatic rings. The molecule has 1 aliphatic heterocycles. The van der Waals surface area contributed by atoms with Crippen LogP contribution in [0.15, 0.2) is 0 Å². The van der Waals surface area contributed by atoms with Crippen molar-refractivity contribution < 1.29 is 14.3 Å². The number of piperidine rings is 1. The Bertz CT molecular complexity index is 288. The van der Waals surface area contributed by atoms with Gasteiger partial charge in [0, 0.05) is 19.7 Å². The number of ether oxygens (including phenoxy) is 2. The largest absolute Gasteiger partial charge is 0.444 e. The topological polar surface area (TPSA) is 38.8 Å². The Morgan fingerprint density at radius 2 is 1.79 bits per heavy atom. The van der Waals surface area contributed by atoms with Crippen LogP contribution in [0.2, 0.25) is 0 Å². The van der Waals surface area contributed by atoms with Gasteiger partial charge in [0.1, 0.15) is 5.60 Å². The smallest absolute Gasteiger partial charge is 0.410 e. The summed E-state index contributed by atoms with van der Waals surface area (Å²) >= 11 is 0. The predicted octanol–water partition coefficient (Wildman–Crippen LogP) is 3.59. The molecule has 4 heteroatoms. The van der Waals surface area contributed by atoms with Crippen LogP contribution in [0.3, 0.4) is 0 Å². The monoisotopic (exact) mass is 271 g/mol. The highest BCUT2D eigenvalue weighted by Crippen LogP contribution is 2.30. The van der Waals surface area contributed by atoms with Crippen LogP contribution in [0.1, 0.15) is 60.3 Å². The molecule has 0 bridgehead atoms. The first-order chi connectivity index (χ1) is 8.82. The summed E-state index contributed by atoms with van der Waals surface area (Å²) in [5.41, 5.74) is -0.455. The molecule has 0 N–H and O–H groups in total. The third kappa shape index (κ3) is 5.01. The summed E-state index contributed by atoms with van der Waals surface area (Å²) in [4.78, 5) is 13.8. The minimum Gasteiger partial charge on any atom is -0.444 e. The second-order valence-electron chi connectivity index (χ2n) is 6.35. The molecule has 19 heavy (non-hydrogen) atoms. The summed E-state index contributed by atoms with van der Waals surface area (Å²) in [6.07, 6.45) is 3.66. The molecular formula is C15H29NO3. The van der Waals surface area contributed by atoms with Gasteiger partial charge in [-0.2, -0.15) is 0 Å². The second-order valence-corrected chi connectivity index (χ2v) is 6.35. The van der Waals surface area contributed by atoms with Crippen LogP contribution in [-0.2, 0) is 9.47 Å². The Balaban J connectivity index is 2.49. The van der Waals surface area contributed by atoms with Crippen molar-refractivity contribution in [1.29, 1.82) is 0 Å². The van der Waals surface area contributed by atoms with Crippen molar-refractivity contribution in [2.45, 2.75) is 71.5 Å². The van der Waals surface area contributed by atoms with Gasteiger partial charge in [-0.05, 0) is 46.5 Å². The van der Waals surface area contributed by atoms with Crippen LogP contribution in [-0.4, -0.2) is 41.9 Å². The third-order valence-electron chi connectivity index (χ3n) is 3.58. The summed E-state index contributed by atoms with van der Waals surface area (Å²) in [6, 6.07) is 0. The van der Waals surface area contributed by atoms with E-state index in [1.165, 1.54) is 0 Å². The zero-order valence-corrected chi connectivity index (χ0v) is 13.1. The molecule has 0 aromatic heterocycles. The van der Waals surface area contributed by atoms with E-state index < -0.39 is 5.60 Å². The molecule has 112 valence electrons. The molecule has 1 aliphatic rings. The number of rotatable bonds is 4. The average Bonchev–Trinajstić information content (AvgIpc) is 2.35. The van der Waals surface area contributed by atoms with E-state index in [4.69, 9.17) is 9.47 Å². The number of likely N-dealkylation sites (tertiary alicyclic amines) is 1. The average molecular weight is 271 g/mol. The molecule has 1 heterocycles. The van der Waals surface area contributed by atoms with Gasteiger partial charge in [0.15, 0.2) is 0 Å². The van der Waals surface area contributed by atoms with E-state index in [0.717, 1.165) is 45.4 Å². The number of nitrogens with zero attached hydrogens (tertiary/aromatic N) is 1. The third-order valence-corrected chi connectivity index (χ3v) is 3.58. The van der Waals surface area contributed by atoms with Gasteiger partial charge in [-0.1, -0.05) is 13.8 Å². The van der Waals surface area contributed by atoms with Gasteiger partial charge in [0.2, 0.25) is 0 Å². The number of hydrogen-bond acceptors (Lipinski definition) is 3. The molecule has 0 radical (unpaired) electrons. The van der Waals surface area contributed by atoms with E-state index in [1.54, 1.807) is 4.90 Å². The highest BCUT2D eigenvalue weighted by molar-refractivity contribution is 5.68. The van der Waals surface area contributed by atoms with Crippen molar-refractivity contribution in [3.05, 3.63) is 0 Å². The molecule has 1 saturated heterocycles. The summed E-state index contributed by atoms with van der Waals surface area (Å²) in [5.74, 6) is 0. The van der Waals surface area contributed by atoms with Gasteiger partial charge in [0.05, 0.1) is 5.60 Å². The molecule has 0 saturated carbocycles. The van der Waals surface area contributed by atoms with Crippen molar-refractivity contribution in [3.63, 3.8) is 0 Å². The zero-order valence-electron chi connectivity index (χ0n) is 13.1. The van der Waals surface area contributed by atoms with Crippen molar-refractivity contribution in [1.82, 2.24) is 4.90 Å². The zero-order chi connectivity index (χ0) is 14.5. The number of carbonyl (C=O) groups is 1. The summed E-state index contributed by atoms with van der Waals surface area (Å²) < 4.78 is 11.4. The van der Waals surface area contributed by atoms with E-state index in [1.807, 2.05) is 20.8 Å². The maximum absolute atomic E-state index is 12.0. The van der Waals surface area contributed by atoms with Crippen LogP contribution in [0, 0.1) is 0 Å². The van der Waals surface area contributed by atoms with E-state index in [0.29, 0.717) is 0 Å². The lowest BCUT2D eigenvalue weighted by Crippen LogP contribution is -2.49. The van der Waals surface area contributed by atoms with Crippen LogP contribution < -0.4 is 0 Å². The van der Waals surface area contributed by atoms with Gasteiger partial charge < -0.3 is 14.4 Å². The molecule has 1 fully saturated rings. The fourth-order valence-electron chi connectivity index (χ4n) is 2.34.